The molecule has 7 heteroatoms. The molecule has 0 aromatic heterocycles. The van der Waals surface area contributed by atoms with Crippen LogP contribution in [0.5, 0.6) is 0 Å². The molecule has 2 atom stereocenters. The number of carboxylic acid groups (broad SMARTS) is 1. The highest BCUT2D eigenvalue weighted by Crippen LogP contribution is 2.62. The second-order valence-electron chi connectivity index (χ2n) is 3.89. The number of hydrogen-bond acceptors (Lipinski definition) is 5. The standard InChI is InChI=1S/C11H10N2O3S2/c14-10(15)8-5-17-11(13-8)18(16)6-12-7-3-1-2-4-9(7)18/h1-4,6,8,16H,5H2,(H,14,15). The van der Waals surface area contributed by atoms with Crippen LogP contribution in [0.3, 0.4) is 0 Å². The Morgan fingerprint density at radius 2 is 2.22 bits per heavy atom. The van der Waals surface area contributed by atoms with Gasteiger partial charge in [-0.1, -0.05) is 23.9 Å². The molecule has 0 radical (unpaired) electrons. The normalized spacial score (nSPS) is 32.7. The number of carbonyl (C=O) groups is 1. The molecule has 2 aliphatic rings. The van der Waals surface area contributed by atoms with E-state index in [0.29, 0.717) is 10.1 Å². The Morgan fingerprint density at radius 1 is 1.44 bits per heavy atom. The van der Waals surface area contributed by atoms with Crippen molar-refractivity contribution in [3.63, 3.8) is 0 Å². The van der Waals surface area contributed by atoms with E-state index in [4.69, 9.17) is 5.11 Å². The number of fused-ring (bicyclic) bond motifs is 1. The van der Waals surface area contributed by atoms with Crippen molar-refractivity contribution in [1.82, 2.24) is 0 Å². The van der Waals surface area contributed by atoms with Crippen LogP contribution in [-0.4, -0.2) is 37.3 Å². The van der Waals surface area contributed by atoms with Crippen LogP contribution in [0, 0.1) is 0 Å². The quantitative estimate of drug-likeness (QED) is 0.829. The summed E-state index contributed by atoms with van der Waals surface area (Å²) < 4.78 is 11.2. The highest BCUT2D eigenvalue weighted by molar-refractivity contribution is 8.61. The van der Waals surface area contributed by atoms with Crippen LogP contribution >= 0.6 is 22.1 Å². The van der Waals surface area contributed by atoms with Crippen molar-refractivity contribution in [2.45, 2.75) is 10.9 Å². The summed E-state index contributed by atoms with van der Waals surface area (Å²) in [5, 5.41) is 8.93. The Kier molecular flexibility index (Phi) is 2.69. The van der Waals surface area contributed by atoms with E-state index in [1.54, 1.807) is 0 Å². The Labute approximate surface area is 109 Å². The maximum atomic E-state index is 10.9. The van der Waals surface area contributed by atoms with Crippen LogP contribution in [0.1, 0.15) is 0 Å². The van der Waals surface area contributed by atoms with Gasteiger partial charge in [-0.3, -0.25) is 4.99 Å². The summed E-state index contributed by atoms with van der Waals surface area (Å²) in [6.45, 7) is 0. The molecular formula is C11H10N2O3S2. The fraction of sp³-hybridized carbons (Fsp3) is 0.182. The summed E-state index contributed by atoms with van der Waals surface area (Å²) in [6, 6.07) is 6.56. The summed E-state index contributed by atoms with van der Waals surface area (Å²) in [7, 11) is -2.35. The van der Waals surface area contributed by atoms with E-state index in [2.05, 4.69) is 9.98 Å². The average molecular weight is 282 g/mol. The van der Waals surface area contributed by atoms with Crippen LogP contribution in [0.15, 0.2) is 39.1 Å². The van der Waals surface area contributed by atoms with Gasteiger partial charge < -0.3 is 9.66 Å². The first-order chi connectivity index (χ1) is 8.61. The number of hydrogen-bond donors (Lipinski definition) is 2. The molecule has 1 aromatic carbocycles. The zero-order valence-electron chi connectivity index (χ0n) is 9.18. The lowest BCUT2D eigenvalue weighted by Gasteiger charge is -2.25. The molecule has 18 heavy (non-hydrogen) atoms. The van der Waals surface area contributed by atoms with Crippen molar-refractivity contribution < 1.29 is 14.5 Å². The molecule has 0 fully saturated rings. The zero-order valence-corrected chi connectivity index (χ0v) is 10.8. The van der Waals surface area contributed by atoms with Gasteiger partial charge in [0.25, 0.3) is 0 Å². The molecule has 3 rings (SSSR count). The molecule has 0 bridgehead atoms. The smallest absolute Gasteiger partial charge is 0.329 e. The van der Waals surface area contributed by atoms with E-state index in [0.717, 1.165) is 10.6 Å². The van der Waals surface area contributed by atoms with Crippen molar-refractivity contribution in [2.75, 3.05) is 5.75 Å². The largest absolute Gasteiger partial charge is 0.480 e. The van der Waals surface area contributed by atoms with Gasteiger partial charge in [0.2, 0.25) is 0 Å². The minimum atomic E-state index is -2.35. The molecule has 2 unspecified atom stereocenters. The molecule has 2 aliphatic heterocycles. The van der Waals surface area contributed by atoms with Gasteiger partial charge in [-0.2, -0.15) is 0 Å². The molecule has 2 heterocycles. The first kappa shape index (κ1) is 11.8. The third-order valence-corrected chi connectivity index (χ3v) is 6.74. The Bertz CT molecular complexity index is 587. The molecule has 1 aromatic rings. The fourth-order valence-electron chi connectivity index (χ4n) is 1.80. The first-order valence-electron chi connectivity index (χ1n) is 5.23. The minimum Gasteiger partial charge on any atom is -0.480 e. The monoisotopic (exact) mass is 282 g/mol. The predicted molar refractivity (Wildman–Crippen MR) is 74.4 cm³/mol. The minimum absolute atomic E-state index is 0.371. The van der Waals surface area contributed by atoms with Gasteiger partial charge in [-0.25, -0.2) is 9.79 Å². The summed E-state index contributed by atoms with van der Waals surface area (Å²) in [6.07, 6.45) is 0. The van der Waals surface area contributed by atoms with Crippen LogP contribution in [-0.2, 0) is 4.79 Å². The Morgan fingerprint density at radius 3 is 2.94 bits per heavy atom. The van der Waals surface area contributed by atoms with E-state index in [-0.39, 0.29) is 0 Å². The molecule has 0 saturated heterocycles. The summed E-state index contributed by atoms with van der Waals surface area (Å²) in [5.41, 5.74) is 2.24. The highest BCUT2D eigenvalue weighted by atomic mass is 32.3. The molecule has 0 saturated carbocycles. The topological polar surface area (TPSA) is 82.2 Å². The van der Waals surface area contributed by atoms with Gasteiger partial charge in [-0.05, 0) is 22.4 Å². The number of benzene rings is 1. The van der Waals surface area contributed by atoms with Crippen molar-refractivity contribution >= 4 is 43.6 Å². The number of aliphatic imine (C=N–C) groups is 2. The summed E-state index contributed by atoms with van der Waals surface area (Å²) >= 11 is 1.30. The van der Waals surface area contributed by atoms with E-state index in [9.17, 15) is 9.35 Å². The van der Waals surface area contributed by atoms with E-state index < -0.39 is 22.3 Å². The number of rotatable bonds is 1. The summed E-state index contributed by atoms with van der Waals surface area (Å²) in [4.78, 5) is 19.9. The zero-order chi connectivity index (χ0) is 12.8. The van der Waals surface area contributed by atoms with Crippen molar-refractivity contribution in [2.24, 2.45) is 9.98 Å². The third-order valence-electron chi connectivity index (χ3n) is 2.72. The van der Waals surface area contributed by atoms with Gasteiger partial charge in [0.15, 0.2) is 6.04 Å². The maximum Gasteiger partial charge on any atom is 0.329 e. The summed E-state index contributed by atoms with van der Waals surface area (Å²) in [5.74, 6) is -0.584. The molecule has 2 N–H and O–H groups in total. The molecule has 0 spiro atoms. The van der Waals surface area contributed by atoms with Crippen LogP contribution in [0.25, 0.3) is 0 Å². The third kappa shape index (κ3) is 1.66. The van der Waals surface area contributed by atoms with Crippen LogP contribution in [0.2, 0.25) is 0 Å². The van der Waals surface area contributed by atoms with Crippen molar-refractivity contribution in [3.8, 4) is 0 Å². The Balaban J connectivity index is 2.02. The first-order valence-corrected chi connectivity index (χ1v) is 7.87. The van der Waals surface area contributed by atoms with Gasteiger partial charge in [0.05, 0.1) is 11.2 Å². The Hall–Kier alpha value is -1.31. The lowest BCUT2D eigenvalue weighted by molar-refractivity contribution is -0.137. The van der Waals surface area contributed by atoms with Gasteiger partial charge in [0, 0.05) is 10.6 Å². The van der Waals surface area contributed by atoms with Crippen molar-refractivity contribution in [1.29, 1.82) is 0 Å². The second kappa shape index (κ2) is 4.11. The molecule has 5 nitrogen and oxygen atoms in total. The predicted octanol–water partition coefficient (Wildman–Crippen LogP) is 2.55. The van der Waals surface area contributed by atoms with E-state index in [1.165, 1.54) is 17.3 Å². The molecular weight excluding hydrogens is 272 g/mol. The number of nitrogens with zero attached hydrogens (tertiary/aromatic N) is 2. The lowest BCUT2D eigenvalue weighted by atomic mass is 10.3. The van der Waals surface area contributed by atoms with Crippen LogP contribution in [0.4, 0.5) is 5.69 Å². The lowest BCUT2D eigenvalue weighted by Crippen LogP contribution is -2.17. The SMILES string of the molecule is O=C(O)C1CSC(S2(O)C=Nc3ccccc32)=N1. The molecule has 0 aliphatic carbocycles. The van der Waals surface area contributed by atoms with E-state index >= 15 is 0 Å². The number of para-hydroxylation sites is 1. The molecule has 0 amide bonds. The fourth-order valence-corrected chi connectivity index (χ4v) is 5.52. The second-order valence-corrected chi connectivity index (χ2v) is 7.44. The van der Waals surface area contributed by atoms with Gasteiger partial charge in [-0.15, -0.1) is 0 Å². The van der Waals surface area contributed by atoms with Crippen LogP contribution < -0.4 is 0 Å². The number of thioether (sulfide) groups is 1. The van der Waals surface area contributed by atoms with E-state index in [1.807, 2.05) is 24.3 Å². The van der Waals surface area contributed by atoms with Crippen molar-refractivity contribution in [3.05, 3.63) is 24.3 Å². The van der Waals surface area contributed by atoms with Gasteiger partial charge in [0.1, 0.15) is 4.38 Å². The van der Waals surface area contributed by atoms with Gasteiger partial charge >= 0.3 is 5.97 Å². The maximum absolute atomic E-state index is 10.9. The number of aliphatic carboxylic acids is 1. The molecule has 94 valence electrons. The average Bonchev–Trinajstić information content (AvgIpc) is 2.96. The number of carboxylic acids is 1. The highest BCUT2D eigenvalue weighted by Gasteiger charge is 2.39.